The molecule has 5 nitrogen and oxygen atoms in total. The van der Waals surface area contributed by atoms with Crippen molar-refractivity contribution in [2.75, 3.05) is 5.32 Å². The minimum absolute atomic E-state index is 0.133. The topological polar surface area (TPSA) is 85.1 Å². The molecule has 20 heavy (non-hydrogen) atoms. The van der Waals surface area contributed by atoms with Crippen LogP contribution in [0.25, 0.3) is 0 Å². The van der Waals surface area contributed by atoms with Crippen molar-refractivity contribution in [1.29, 1.82) is 0 Å². The summed E-state index contributed by atoms with van der Waals surface area (Å²) in [5.74, 6) is 0.264. The zero-order valence-electron chi connectivity index (χ0n) is 11.9. The van der Waals surface area contributed by atoms with E-state index in [0.717, 1.165) is 6.42 Å². The lowest BCUT2D eigenvalue weighted by Crippen LogP contribution is -2.20. The highest BCUT2D eigenvalue weighted by molar-refractivity contribution is 6.33. The number of pyridine rings is 1. The molecule has 1 heterocycles. The average molecular weight is 298 g/mol. The minimum Gasteiger partial charge on any atom is -0.366 e. The minimum atomic E-state index is -0.608. The predicted molar refractivity (Wildman–Crippen MR) is 79.6 cm³/mol. The second-order valence-corrected chi connectivity index (χ2v) is 5.49. The van der Waals surface area contributed by atoms with Gasteiger partial charge in [-0.05, 0) is 17.9 Å². The van der Waals surface area contributed by atoms with E-state index in [0.29, 0.717) is 18.3 Å². The number of carbonyl (C=O) groups excluding carboxylic acids is 2. The Kier molecular flexibility index (Phi) is 5.95. The van der Waals surface area contributed by atoms with Gasteiger partial charge in [-0.2, -0.15) is 0 Å². The summed E-state index contributed by atoms with van der Waals surface area (Å²) in [6.07, 6.45) is 2.65. The molecule has 110 valence electrons. The van der Waals surface area contributed by atoms with Gasteiger partial charge in [0, 0.05) is 12.6 Å². The van der Waals surface area contributed by atoms with E-state index in [1.165, 1.54) is 12.3 Å². The van der Waals surface area contributed by atoms with E-state index in [9.17, 15) is 9.59 Å². The van der Waals surface area contributed by atoms with Crippen LogP contribution in [0.15, 0.2) is 12.3 Å². The van der Waals surface area contributed by atoms with Crippen LogP contribution in [0.2, 0.25) is 5.02 Å². The fourth-order valence-electron chi connectivity index (χ4n) is 1.94. The molecule has 0 fully saturated rings. The van der Waals surface area contributed by atoms with Gasteiger partial charge in [-0.25, -0.2) is 4.98 Å². The SMILES string of the molecule is CC[C@@H](CC(=O)Nc1ncc(C(N)=O)cc1Cl)C(C)C. The third kappa shape index (κ3) is 4.49. The van der Waals surface area contributed by atoms with E-state index in [2.05, 4.69) is 31.1 Å². The van der Waals surface area contributed by atoms with Gasteiger partial charge in [-0.15, -0.1) is 0 Å². The number of nitrogens with zero attached hydrogens (tertiary/aromatic N) is 1. The van der Waals surface area contributed by atoms with Crippen LogP contribution in [-0.2, 0) is 4.79 Å². The number of hydrogen-bond donors (Lipinski definition) is 2. The Morgan fingerprint density at radius 1 is 1.45 bits per heavy atom. The second-order valence-electron chi connectivity index (χ2n) is 5.08. The first kappa shape index (κ1) is 16.4. The van der Waals surface area contributed by atoms with Crippen molar-refractivity contribution in [3.63, 3.8) is 0 Å². The number of aromatic nitrogens is 1. The Morgan fingerprint density at radius 2 is 2.10 bits per heavy atom. The Balaban J connectivity index is 2.73. The molecule has 0 bridgehead atoms. The highest BCUT2D eigenvalue weighted by atomic mass is 35.5. The quantitative estimate of drug-likeness (QED) is 0.846. The number of anilines is 1. The molecule has 1 atom stereocenters. The summed E-state index contributed by atoms with van der Waals surface area (Å²) in [6.45, 7) is 6.24. The fourth-order valence-corrected chi connectivity index (χ4v) is 2.15. The molecule has 6 heteroatoms. The summed E-state index contributed by atoms with van der Waals surface area (Å²) in [7, 11) is 0. The summed E-state index contributed by atoms with van der Waals surface area (Å²) in [5, 5.41) is 2.86. The number of halogens is 1. The fraction of sp³-hybridized carbons (Fsp3) is 0.500. The van der Waals surface area contributed by atoms with Crippen LogP contribution in [-0.4, -0.2) is 16.8 Å². The van der Waals surface area contributed by atoms with Crippen molar-refractivity contribution in [3.8, 4) is 0 Å². The lowest BCUT2D eigenvalue weighted by molar-refractivity contribution is -0.117. The molecule has 3 N–H and O–H groups in total. The van der Waals surface area contributed by atoms with Gasteiger partial charge in [0.25, 0.3) is 0 Å². The molecule has 0 aromatic carbocycles. The molecule has 1 aromatic rings. The Morgan fingerprint density at radius 3 is 2.55 bits per heavy atom. The monoisotopic (exact) mass is 297 g/mol. The number of carbonyl (C=O) groups is 2. The maximum atomic E-state index is 12.0. The van der Waals surface area contributed by atoms with Crippen molar-refractivity contribution in [2.45, 2.75) is 33.6 Å². The van der Waals surface area contributed by atoms with Gasteiger partial charge in [-0.1, -0.05) is 38.8 Å². The Bertz CT molecular complexity index is 503. The zero-order chi connectivity index (χ0) is 15.3. The highest BCUT2D eigenvalue weighted by Crippen LogP contribution is 2.23. The van der Waals surface area contributed by atoms with Gasteiger partial charge in [0.1, 0.15) is 0 Å². The number of amides is 2. The lowest BCUT2D eigenvalue weighted by Gasteiger charge is -2.18. The Labute approximate surface area is 123 Å². The molecule has 0 unspecified atom stereocenters. The normalized spacial score (nSPS) is 12.2. The number of nitrogens with two attached hydrogens (primary N) is 1. The highest BCUT2D eigenvalue weighted by Gasteiger charge is 2.17. The second kappa shape index (κ2) is 7.24. The molecule has 0 aliphatic heterocycles. The molecule has 0 aliphatic rings. The largest absolute Gasteiger partial charge is 0.366 e. The molecule has 2 amide bonds. The van der Waals surface area contributed by atoms with E-state index < -0.39 is 5.91 Å². The third-order valence-electron chi connectivity index (χ3n) is 3.30. The van der Waals surface area contributed by atoms with E-state index in [1.54, 1.807) is 0 Å². The molecule has 1 rings (SSSR count). The first-order chi connectivity index (χ1) is 9.35. The predicted octanol–water partition coefficient (Wildman–Crippen LogP) is 2.84. The van der Waals surface area contributed by atoms with Crippen LogP contribution < -0.4 is 11.1 Å². The van der Waals surface area contributed by atoms with E-state index in [-0.39, 0.29) is 22.3 Å². The van der Waals surface area contributed by atoms with Gasteiger partial charge in [-0.3, -0.25) is 9.59 Å². The Hall–Kier alpha value is -1.62. The van der Waals surface area contributed by atoms with Gasteiger partial charge in [0.05, 0.1) is 10.6 Å². The summed E-state index contributed by atoms with van der Waals surface area (Å²) < 4.78 is 0. The van der Waals surface area contributed by atoms with E-state index >= 15 is 0 Å². The van der Waals surface area contributed by atoms with Crippen LogP contribution in [0.3, 0.4) is 0 Å². The number of rotatable bonds is 6. The molecule has 1 aromatic heterocycles. The number of primary amides is 1. The number of nitrogens with one attached hydrogen (secondary N) is 1. The van der Waals surface area contributed by atoms with Gasteiger partial charge < -0.3 is 11.1 Å². The molecule has 0 spiro atoms. The standard InChI is InChI=1S/C14H20ClN3O2/c1-4-9(8(2)3)6-12(19)18-14-11(15)5-10(7-17-14)13(16)20/h5,7-9H,4,6H2,1-3H3,(H2,16,20)(H,17,18,19)/t9-/m0/s1. The van der Waals surface area contributed by atoms with Crippen LogP contribution in [0.1, 0.15) is 44.0 Å². The molecular weight excluding hydrogens is 278 g/mol. The summed E-state index contributed by atoms with van der Waals surface area (Å²) in [5.41, 5.74) is 5.34. The maximum Gasteiger partial charge on any atom is 0.250 e. The lowest BCUT2D eigenvalue weighted by atomic mass is 9.90. The van der Waals surface area contributed by atoms with Crippen molar-refractivity contribution < 1.29 is 9.59 Å². The van der Waals surface area contributed by atoms with Crippen LogP contribution in [0.5, 0.6) is 0 Å². The molecule has 0 saturated heterocycles. The molecule has 0 radical (unpaired) electrons. The van der Waals surface area contributed by atoms with E-state index in [1.807, 2.05) is 0 Å². The van der Waals surface area contributed by atoms with Crippen molar-refractivity contribution in [1.82, 2.24) is 4.98 Å². The van der Waals surface area contributed by atoms with Crippen molar-refractivity contribution in [2.24, 2.45) is 17.6 Å². The number of hydrogen-bond acceptors (Lipinski definition) is 3. The summed E-state index contributed by atoms with van der Waals surface area (Å²) >= 11 is 5.97. The smallest absolute Gasteiger partial charge is 0.250 e. The van der Waals surface area contributed by atoms with Gasteiger partial charge in [0.15, 0.2) is 5.82 Å². The first-order valence-corrected chi connectivity index (χ1v) is 6.98. The maximum absolute atomic E-state index is 12.0. The van der Waals surface area contributed by atoms with Crippen LogP contribution in [0.4, 0.5) is 5.82 Å². The summed E-state index contributed by atoms with van der Waals surface area (Å²) in [6, 6.07) is 1.40. The van der Waals surface area contributed by atoms with Crippen LogP contribution in [0, 0.1) is 11.8 Å². The average Bonchev–Trinajstić information content (AvgIpc) is 2.37. The third-order valence-corrected chi connectivity index (χ3v) is 3.59. The van der Waals surface area contributed by atoms with Crippen molar-refractivity contribution in [3.05, 3.63) is 22.8 Å². The van der Waals surface area contributed by atoms with E-state index in [4.69, 9.17) is 17.3 Å². The van der Waals surface area contributed by atoms with Crippen LogP contribution >= 0.6 is 11.6 Å². The molecular formula is C14H20ClN3O2. The first-order valence-electron chi connectivity index (χ1n) is 6.60. The summed E-state index contributed by atoms with van der Waals surface area (Å²) in [4.78, 5) is 26.9. The van der Waals surface area contributed by atoms with Gasteiger partial charge in [0.2, 0.25) is 11.8 Å². The molecule has 0 aliphatic carbocycles. The molecule has 0 saturated carbocycles. The van der Waals surface area contributed by atoms with Gasteiger partial charge >= 0.3 is 0 Å². The zero-order valence-corrected chi connectivity index (χ0v) is 12.7. The van der Waals surface area contributed by atoms with Crippen molar-refractivity contribution >= 4 is 29.2 Å².